The van der Waals surface area contributed by atoms with Gasteiger partial charge in [-0.25, -0.2) is 13.8 Å². The summed E-state index contributed by atoms with van der Waals surface area (Å²) < 4.78 is 27.6. The highest BCUT2D eigenvalue weighted by Gasteiger charge is 2.10. The summed E-state index contributed by atoms with van der Waals surface area (Å²) in [6, 6.07) is 2.98. The van der Waals surface area contributed by atoms with E-state index in [1.807, 2.05) is 0 Å². The van der Waals surface area contributed by atoms with Gasteiger partial charge in [-0.1, -0.05) is 0 Å². The topological polar surface area (TPSA) is 34.4 Å². The van der Waals surface area contributed by atoms with Gasteiger partial charge in [0.15, 0.2) is 4.96 Å². The lowest BCUT2D eigenvalue weighted by molar-refractivity contribution is 0.584. The van der Waals surface area contributed by atoms with Gasteiger partial charge < -0.3 is 0 Å². The standard InChI is InChI=1S/C12H6F2N2OS/c13-8-3-7(4-9(14)5-8)10-6-15-12-16(11(10)17)1-2-18-12/h1-6H. The molecule has 6 heteroatoms. The molecule has 0 aliphatic carbocycles. The Kier molecular flexibility index (Phi) is 2.45. The Bertz CT molecular complexity index is 774. The van der Waals surface area contributed by atoms with Crippen LogP contribution >= 0.6 is 11.3 Å². The van der Waals surface area contributed by atoms with Crippen molar-refractivity contribution in [1.82, 2.24) is 9.38 Å². The van der Waals surface area contributed by atoms with E-state index in [1.165, 1.54) is 21.9 Å². The Morgan fingerprint density at radius 3 is 2.61 bits per heavy atom. The number of rotatable bonds is 1. The summed E-state index contributed by atoms with van der Waals surface area (Å²) in [6.45, 7) is 0. The smallest absolute Gasteiger partial charge is 0.266 e. The van der Waals surface area contributed by atoms with E-state index in [1.54, 1.807) is 11.6 Å². The van der Waals surface area contributed by atoms with Crippen LogP contribution < -0.4 is 5.56 Å². The maximum atomic E-state index is 13.1. The van der Waals surface area contributed by atoms with Crippen LogP contribution in [0.1, 0.15) is 0 Å². The lowest BCUT2D eigenvalue weighted by Gasteiger charge is -2.02. The van der Waals surface area contributed by atoms with E-state index >= 15 is 0 Å². The normalized spacial score (nSPS) is 11.0. The predicted octanol–water partition coefficient (Wildman–Crippen LogP) is 2.70. The van der Waals surface area contributed by atoms with Gasteiger partial charge in [0.05, 0.1) is 5.56 Å². The number of halogens is 2. The summed E-state index contributed by atoms with van der Waals surface area (Å²) >= 11 is 1.32. The zero-order valence-electron chi connectivity index (χ0n) is 8.93. The first kappa shape index (κ1) is 11.0. The molecule has 1 aromatic carbocycles. The summed E-state index contributed by atoms with van der Waals surface area (Å²) in [6.07, 6.45) is 2.91. The highest BCUT2D eigenvalue weighted by atomic mass is 32.1. The number of nitrogens with zero attached hydrogens (tertiary/aromatic N) is 2. The first-order valence-corrected chi connectivity index (χ1v) is 5.94. The molecule has 0 spiro atoms. The molecule has 0 radical (unpaired) electrons. The summed E-state index contributed by atoms with van der Waals surface area (Å²) in [5.74, 6) is -1.44. The Balaban J connectivity index is 2.31. The molecule has 0 aliphatic heterocycles. The largest absolute Gasteiger partial charge is 0.268 e. The number of benzene rings is 1. The van der Waals surface area contributed by atoms with Crippen molar-refractivity contribution < 1.29 is 8.78 Å². The third-order valence-corrected chi connectivity index (χ3v) is 3.29. The number of aromatic nitrogens is 2. The second-order valence-corrected chi connectivity index (χ2v) is 4.56. The van der Waals surface area contributed by atoms with Crippen LogP contribution in [0.5, 0.6) is 0 Å². The zero-order valence-corrected chi connectivity index (χ0v) is 9.75. The number of thiazole rings is 1. The van der Waals surface area contributed by atoms with Gasteiger partial charge >= 0.3 is 0 Å². The van der Waals surface area contributed by atoms with Crippen molar-refractivity contribution in [2.45, 2.75) is 0 Å². The molecular formula is C12H6F2N2OS. The van der Waals surface area contributed by atoms with Crippen LogP contribution in [0.3, 0.4) is 0 Å². The molecule has 3 aromatic rings. The molecule has 0 saturated carbocycles. The molecule has 2 heterocycles. The van der Waals surface area contributed by atoms with Crippen molar-refractivity contribution in [3.63, 3.8) is 0 Å². The summed E-state index contributed by atoms with van der Waals surface area (Å²) in [4.78, 5) is 16.7. The van der Waals surface area contributed by atoms with Crippen LogP contribution in [0.2, 0.25) is 0 Å². The maximum absolute atomic E-state index is 13.1. The van der Waals surface area contributed by atoms with Crippen LogP contribution in [0.25, 0.3) is 16.1 Å². The monoisotopic (exact) mass is 264 g/mol. The summed E-state index contributed by atoms with van der Waals surface area (Å²) in [5, 5.41) is 1.72. The van der Waals surface area contributed by atoms with E-state index < -0.39 is 11.6 Å². The molecule has 0 N–H and O–H groups in total. The second kappa shape index (κ2) is 3.99. The van der Waals surface area contributed by atoms with Gasteiger partial charge in [0.2, 0.25) is 0 Å². The molecule has 0 bridgehead atoms. The predicted molar refractivity (Wildman–Crippen MR) is 64.7 cm³/mol. The minimum Gasteiger partial charge on any atom is -0.268 e. The number of hydrogen-bond acceptors (Lipinski definition) is 3. The van der Waals surface area contributed by atoms with Crippen molar-refractivity contribution in [2.75, 3.05) is 0 Å². The number of hydrogen-bond donors (Lipinski definition) is 0. The summed E-state index contributed by atoms with van der Waals surface area (Å²) in [7, 11) is 0. The fourth-order valence-electron chi connectivity index (χ4n) is 1.73. The van der Waals surface area contributed by atoms with Crippen molar-refractivity contribution >= 4 is 16.3 Å². The fraction of sp³-hybridized carbons (Fsp3) is 0. The number of fused-ring (bicyclic) bond motifs is 1. The van der Waals surface area contributed by atoms with E-state index in [0.29, 0.717) is 4.96 Å². The van der Waals surface area contributed by atoms with Crippen LogP contribution in [0, 0.1) is 11.6 Å². The maximum Gasteiger partial charge on any atom is 0.266 e. The highest BCUT2D eigenvalue weighted by Crippen LogP contribution is 2.19. The lowest BCUT2D eigenvalue weighted by atomic mass is 10.1. The van der Waals surface area contributed by atoms with Crippen molar-refractivity contribution in [3.8, 4) is 11.1 Å². The first-order valence-electron chi connectivity index (χ1n) is 5.06. The zero-order chi connectivity index (χ0) is 12.7. The average molecular weight is 264 g/mol. The SMILES string of the molecule is O=c1c(-c2cc(F)cc(F)c2)cnc2sccn12. The van der Waals surface area contributed by atoms with E-state index in [0.717, 1.165) is 18.2 Å². The van der Waals surface area contributed by atoms with Crippen molar-refractivity contribution in [2.24, 2.45) is 0 Å². The van der Waals surface area contributed by atoms with Crippen LogP contribution in [-0.4, -0.2) is 9.38 Å². The molecule has 3 rings (SSSR count). The molecule has 0 saturated heterocycles. The van der Waals surface area contributed by atoms with Crippen molar-refractivity contribution in [1.29, 1.82) is 0 Å². The van der Waals surface area contributed by atoms with Crippen LogP contribution in [0.4, 0.5) is 8.78 Å². The minimum absolute atomic E-state index is 0.171. The molecule has 18 heavy (non-hydrogen) atoms. The van der Waals surface area contributed by atoms with Gasteiger partial charge in [-0.15, -0.1) is 11.3 Å². The molecule has 0 aliphatic rings. The Labute approximate surface area is 104 Å². The van der Waals surface area contributed by atoms with Gasteiger partial charge in [0.1, 0.15) is 11.6 Å². The molecule has 3 nitrogen and oxygen atoms in total. The van der Waals surface area contributed by atoms with E-state index in [2.05, 4.69) is 4.98 Å². The van der Waals surface area contributed by atoms with Crippen molar-refractivity contribution in [3.05, 3.63) is 58.0 Å². The minimum atomic E-state index is -0.722. The van der Waals surface area contributed by atoms with E-state index in [-0.39, 0.29) is 16.7 Å². The molecule has 0 atom stereocenters. The average Bonchev–Trinajstić information content (AvgIpc) is 2.77. The van der Waals surface area contributed by atoms with Gasteiger partial charge in [0.25, 0.3) is 5.56 Å². The van der Waals surface area contributed by atoms with E-state index in [4.69, 9.17) is 0 Å². The van der Waals surface area contributed by atoms with E-state index in [9.17, 15) is 13.6 Å². The first-order chi connectivity index (χ1) is 8.65. The van der Waals surface area contributed by atoms with Gasteiger partial charge in [-0.05, 0) is 17.7 Å². The third kappa shape index (κ3) is 1.70. The molecule has 90 valence electrons. The molecule has 0 unspecified atom stereocenters. The second-order valence-electron chi connectivity index (χ2n) is 3.69. The summed E-state index contributed by atoms with van der Waals surface area (Å²) in [5.41, 5.74) is 0.0150. The van der Waals surface area contributed by atoms with Gasteiger partial charge in [0, 0.05) is 23.8 Å². The molecule has 0 amide bonds. The Hall–Kier alpha value is -2.08. The van der Waals surface area contributed by atoms with Crippen LogP contribution in [0.15, 0.2) is 40.8 Å². The fourth-order valence-corrected chi connectivity index (χ4v) is 2.41. The highest BCUT2D eigenvalue weighted by molar-refractivity contribution is 7.15. The van der Waals surface area contributed by atoms with Crippen LogP contribution in [-0.2, 0) is 0 Å². The molecule has 2 aromatic heterocycles. The lowest BCUT2D eigenvalue weighted by Crippen LogP contribution is -2.14. The molecular weight excluding hydrogens is 258 g/mol. The quantitative estimate of drug-likeness (QED) is 0.677. The Morgan fingerprint density at radius 2 is 1.89 bits per heavy atom. The van der Waals surface area contributed by atoms with Gasteiger partial charge in [-0.3, -0.25) is 9.20 Å². The third-order valence-electron chi connectivity index (χ3n) is 2.52. The Morgan fingerprint density at radius 1 is 1.17 bits per heavy atom. The molecule has 0 fully saturated rings. The van der Waals surface area contributed by atoms with Gasteiger partial charge in [-0.2, -0.15) is 0 Å².